The molecule has 1 aromatic heterocycles. The summed E-state index contributed by atoms with van der Waals surface area (Å²) in [7, 11) is 0. The van der Waals surface area contributed by atoms with E-state index in [4.69, 9.17) is 0 Å². The van der Waals surface area contributed by atoms with Gasteiger partial charge in [0.15, 0.2) is 0 Å². The van der Waals surface area contributed by atoms with Crippen molar-refractivity contribution in [2.45, 2.75) is 25.7 Å². The smallest absolute Gasteiger partial charge is 0.0652 e. The molecule has 3 aromatic rings. The first-order chi connectivity index (χ1) is 10.4. The van der Waals surface area contributed by atoms with E-state index in [2.05, 4.69) is 58.7 Å². The van der Waals surface area contributed by atoms with Crippen molar-refractivity contribution in [2.75, 3.05) is 0 Å². The molecular weight excluding hydrogens is 256 g/mol. The topological polar surface area (TPSA) is 28.7 Å². The molecule has 0 radical (unpaired) electrons. The maximum atomic E-state index is 4.10. The minimum Gasteiger partial charge on any atom is -0.278 e. The summed E-state index contributed by atoms with van der Waals surface area (Å²) in [5.74, 6) is 0. The number of aromatic nitrogens is 2. The van der Waals surface area contributed by atoms with Crippen LogP contribution in [0, 0.1) is 0 Å². The molecule has 2 heteroatoms. The lowest BCUT2D eigenvalue weighted by molar-refractivity contribution is 0.921. The number of H-pyrrole nitrogens is 1. The van der Waals surface area contributed by atoms with Crippen LogP contribution in [0.2, 0.25) is 0 Å². The van der Waals surface area contributed by atoms with E-state index < -0.39 is 0 Å². The molecule has 0 spiro atoms. The maximum absolute atomic E-state index is 4.10. The van der Waals surface area contributed by atoms with E-state index in [1.807, 2.05) is 6.20 Å². The highest BCUT2D eigenvalue weighted by atomic mass is 15.1. The Morgan fingerprint density at radius 3 is 2.10 bits per heavy atom. The van der Waals surface area contributed by atoms with Crippen molar-refractivity contribution in [3.63, 3.8) is 0 Å². The summed E-state index contributed by atoms with van der Waals surface area (Å²) < 4.78 is 0. The van der Waals surface area contributed by atoms with E-state index >= 15 is 0 Å². The van der Waals surface area contributed by atoms with Crippen LogP contribution in [0.25, 0.3) is 11.3 Å². The zero-order valence-electron chi connectivity index (χ0n) is 12.0. The first-order valence-electron chi connectivity index (χ1n) is 7.58. The Morgan fingerprint density at radius 2 is 1.38 bits per heavy atom. The van der Waals surface area contributed by atoms with Crippen molar-refractivity contribution in [2.24, 2.45) is 0 Å². The summed E-state index contributed by atoms with van der Waals surface area (Å²) in [6.07, 6.45) is 6.16. The van der Waals surface area contributed by atoms with Crippen molar-refractivity contribution in [1.82, 2.24) is 10.2 Å². The second-order valence-electron chi connectivity index (χ2n) is 5.78. The molecule has 0 unspecified atom stereocenters. The fourth-order valence-corrected chi connectivity index (χ4v) is 3.09. The predicted molar refractivity (Wildman–Crippen MR) is 85.3 cm³/mol. The largest absolute Gasteiger partial charge is 0.278 e. The van der Waals surface area contributed by atoms with Gasteiger partial charge in [0.25, 0.3) is 0 Å². The van der Waals surface area contributed by atoms with Crippen LogP contribution < -0.4 is 0 Å². The molecule has 0 saturated carbocycles. The molecule has 1 N–H and O–H groups in total. The van der Waals surface area contributed by atoms with Gasteiger partial charge in [-0.05, 0) is 60.1 Å². The van der Waals surface area contributed by atoms with Crippen LogP contribution in [-0.2, 0) is 25.7 Å². The number of nitrogens with zero attached hydrogens (tertiary/aromatic N) is 1. The third-order valence-electron chi connectivity index (χ3n) is 4.37. The maximum Gasteiger partial charge on any atom is 0.0652 e. The number of benzene rings is 2. The van der Waals surface area contributed by atoms with Gasteiger partial charge in [-0.15, -0.1) is 0 Å². The molecule has 4 aliphatic carbocycles. The summed E-state index contributed by atoms with van der Waals surface area (Å²) >= 11 is 0. The molecule has 1 heterocycles. The molecular formula is C19H18N2. The number of rotatable bonds is 1. The third-order valence-corrected chi connectivity index (χ3v) is 4.37. The van der Waals surface area contributed by atoms with E-state index in [1.54, 1.807) is 0 Å². The molecule has 2 nitrogen and oxygen atoms in total. The fourth-order valence-electron chi connectivity index (χ4n) is 3.09. The van der Waals surface area contributed by atoms with E-state index in [0.717, 1.165) is 31.4 Å². The van der Waals surface area contributed by atoms with Gasteiger partial charge in [-0.25, -0.2) is 0 Å². The summed E-state index contributed by atoms with van der Waals surface area (Å²) in [6.45, 7) is 0. The average Bonchev–Trinajstić information content (AvgIpc) is 3.04. The average molecular weight is 274 g/mol. The van der Waals surface area contributed by atoms with Gasteiger partial charge in [-0.2, -0.15) is 5.10 Å². The number of aryl methyl sites for hydroxylation is 4. The van der Waals surface area contributed by atoms with Crippen LogP contribution in [0.5, 0.6) is 0 Å². The normalized spacial score (nSPS) is 13.9. The molecule has 7 rings (SSSR count). The fraction of sp³-hybridized carbons (Fsp3) is 0.211. The quantitative estimate of drug-likeness (QED) is 0.715. The minimum absolute atomic E-state index is 1.06. The van der Waals surface area contributed by atoms with Gasteiger partial charge in [-0.3, -0.25) is 5.10 Å². The summed E-state index contributed by atoms with van der Waals surface area (Å²) in [4.78, 5) is 0. The van der Waals surface area contributed by atoms with Crippen molar-refractivity contribution < 1.29 is 0 Å². The number of hydrogen-bond donors (Lipinski definition) is 1. The Balaban J connectivity index is 1.79. The highest BCUT2D eigenvalue weighted by molar-refractivity contribution is 5.64. The van der Waals surface area contributed by atoms with Gasteiger partial charge in [0, 0.05) is 11.8 Å². The second-order valence-corrected chi connectivity index (χ2v) is 5.78. The van der Waals surface area contributed by atoms with Crippen LogP contribution >= 0.6 is 0 Å². The van der Waals surface area contributed by atoms with Gasteiger partial charge >= 0.3 is 0 Å². The van der Waals surface area contributed by atoms with E-state index in [-0.39, 0.29) is 0 Å². The van der Waals surface area contributed by atoms with E-state index in [0.29, 0.717) is 0 Å². The minimum atomic E-state index is 1.06. The Bertz CT molecular complexity index is 740. The summed E-state index contributed by atoms with van der Waals surface area (Å²) in [6, 6.07) is 18.1. The lowest BCUT2D eigenvalue weighted by Crippen LogP contribution is -2.00. The molecule has 2 aromatic carbocycles. The zero-order chi connectivity index (χ0) is 14.1. The second kappa shape index (κ2) is 5.21. The molecule has 4 bridgehead atoms. The molecule has 0 saturated heterocycles. The highest BCUT2D eigenvalue weighted by Gasteiger charge is 2.10. The van der Waals surface area contributed by atoms with E-state index in [1.165, 1.54) is 27.8 Å². The lowest BCUT2D eigenvalue weighted by atomic mass is 9.92. The van der Waals surface area contributed by atoms with Crippen molar-refractivity contribution in [1.29, 1.82) is 0 Å². The molecule has 0 atom stereocenters. The molecule has 0 fully saturated rings. The highest BCUT2D eigenvalue weighted by Crippen LogP contribution is 2.26. The molecule has 0 amide bonds. The van der Waals surface area contributed by atoms with Crippen LogP contribution in [0.3, 0.4) is 0 Å². The molecule has 21 heavy (non-hydrogen) atoms. The van der Waals surface area contributed by atoms with Gasteiger partial charge in [-0.1, -0.05) is 36.4 Å². The Morgan fingerprint density at radius 1 is 0.714 bits per heavy atom. The van der Waals surface area contributed by atoms with E-state index in [9.17, 15) is 0 Å². The predicted octanol–water partition coefficient (Wildman–Crippen LogP) is 3.96. The first-order valence-corrected chi connectivity index (χ1v) is 7.58. The number of nitrogens with one attached hydrogen (secondary N) is 1. The molecule has 0 aliphatic heterocycles. The van der Waals surface area contributed by atoms with Crippen molar-refractivity contribution in [3.05, 3.63) is 77.0 Å². The van der Waals surface area contributed by atoms with Crippen LogP contribution in [0.15, 0.2) is 54.7 Å². The van der Waals surface area contributed by atoms with Crippen LogP contribution in [0.1, 0.15) is 22.3 Å². The standard InChI is InChI=1S/C19H18N2/c1-3-15-4-2-14(1)5-6-16-8-10-17(9-7-15)18(13-16)19-11-12-20-21-19/h1-4,8,10-13H,5-7,9H2,(H,20,21). The first kappa shape index (κ1) is 12.4. The molecule has 4 aliphatic rings. The molecule has 104 valence electrons. The Kier molecular flexibility index (Phi) is 3.07. The zero-order valence-corrected chi connectivity index (χ0v) is 12.0. The van der Waals surface area contributed by atoms with Gasteiger partial charge in [0.2, 0.25) is 0 Å². The summed E-state index contributed by atoms with van der Waals surface area (Å²) in [5, 5.41) is 7.22. The lowest BCUT2D eigenvalue weighted by Gasteiger charge is -2.13. The van der Waals surface area contributed by atoms with Crippen LogP contribution in [-0.4, -0.2) is 10.2 Å². The van der Waals surface area contributed by atoms with Gasteiger partial charge in [0.1, 0.15) is 0 Å². The number of aromatic amines is 1. The van der Waals surface area contributed by atoms with Crippen LogP contribution in [0.4, 0.5) is 0 Å². The van der Waals surface area contributed by atoms with Crippen molar-refractivity contribution in [3.8, 4) is 11.3 Å². The Labute approximate surface area is 124 Å². The van der Waals surface area contributed by atoms with Gasteiger partial charge < -0.3 is 0 Å². The monoisotopic (exact) mass is 274 g/mol. The SMILES string of the molecule is c1cc(-c2cc3ccc2CCc2ccc(cc2)CC3)[nH]n1. The number of hydrogen-bond acceptors (Lipinski definition) is 1. The summed E-state index contributed by atoms with van der Waals surface area (Å²) in [5.41, 5.74) is 8.06. The van der Waals surface area contributed by atoms with Gasteiger partial charge in [0.05, 0.1) is 5.69 Å². The van der Waals surface area contributed by atoms with Crippen molar-refractivity contribution >= 4 is 0 Å². The third kappa shape index (κ3) is 2.49. The Hall–Kier alpha value is -2.35.